The Hall–Kier alpha value is -3.35. The molecule has 0 saturated heterocycles. The van der Waals surface area contributed by atoms with Crippen molar-refractivity contribution in [2.75, 3.05) is 0 Å². The van der Waals surface area contributed by atoms with Crippen LogP contribution in [-0.4, -0.2) is 15.6 Å². The molecule has 3 heterocycles. The number of amides is 1. The molecule has 0 spiro atoms. The van der Waals surface area contributed by atoms with E-state index in [4.69, 9.17) is 10.2 Å². The van der Waals surface area contributed by atoms with Crippen molar-refractivity contribution in [1.82, 2.24) is 4.57 Å². The van der Waals surface area contributed by atoms with Crippen LogP contribution in [0.25, 0.3) is 10.9 Å². The number of hydrogen-bond acceptors (Lipinski definition) is 5. The van der Waals surface area contributed by atoms with Gasteiger partial charge in [0.25, 0.3) is 5.56 Å². The van der Waals surface area contributed by atoms with Gasteiger partial charge in [0, 0.05) is 24.6 Å². The predicted molar refractivity (Wildman–Crippen MR) is 98.9 cm³/mol. The second kappa shape index (κ2) is 6.12. The first-order valence-electron chi connectivity index (χ1n) is 8.64. The van der Waals surface area contributed by atoms with E-state index in [2.05, 4.69) is 0 Å². The fraction of sp³-hybridized carbons (Fsp3) is 0.250. The second-order valence-corrected chi connectivity index (χ2v) is 6.82. The maximum Gasteiger partial charge on any atom is 0.255 e. The van der Waals surface area contributed by atoms with Gasteiger partial charge in [0.05, 0.1) is 11.4 Å². The molecule has 0 unspecified atom stereocenters. The number of nitrogens with zero attached hydrogens (tertiary/aromatic N) is 1. The van der Waals surface area contributed by atoms with Crippen LogP contribution in [0.3, 0.4) is 0 Å². The predicted octanol–water partition coefficient (Wildman–Crippen LogP) is 1.53. The molecule has 1 aliphatic rings. The van der Waals surface area contributed by atoms with Gasteiger partial charge in [-0.3, -0.25) is 14.4 Å². The first kappa shape index (κ1) is 17.1. The van der Waals surface area contributed by atoms with Gasteiger partial charge in [0.15, 0.2) is 5.76 Å². The standard InChI is InChI=1S/C20H18N2O5/c1-10-7-15(23)18(25)19(27-10)13(9-16(21)24)14-8-12-4-2-3-11-5-6-22(17(11)12)20(14)26/h2-4,7-8,13,25H,5-6,9H2,1H3,(H2,21,24)/t13-/m0/s1. The van der Waals surface area contributed by atoms with Crippen molar-refractivity contribution in [2.24, 2.45) is 5.73 Å². The molecule has 0 saturated carbocycles. The molecule has 27 heavy (non-hydrogen) atoms. The summed E-state index contributed by atoms with van der Waals surface area (Å²) in [5.74, 6) is -2.06. The van der Waals surface area contributed by atoms with Crippen molar-refractivity contribution in [3.63, 3.8) is 0 Å². The number of para-hydroxylation sites is 1. The molecule has 3 aromatic rings. The molecule has 1 atom stereocenters. The highest BCUT2D eigenvalue weighted by atomic mass is 16.4. The van der Waals surface area contributed by atoms with Crippen LogP contribution in [0.15, 0.2) is 44.3 Å². The maximum atomic E-state index is 13.1. The van der Waals surface area contributed by atoms with Crippen LogP contribution in [-0.2, 0) is 17.8 Å². The number of pyridine rings is 1. The highest BCUT2D eigenvalue weighted by molar-refractivity contribution is 5.84. The number of rotatable bonds is 4. The first-order chi connectivity index (χ1) is 12.9. The number of aromatic nitrogens is 1. The normalized spacial score (nSPS) is 13.8. The second-order valence-electron chi connectivity index (χ2n) is 6.82. The Balaban J connectivity index is 2.01. The third-order valence-electron chi connectivity index (χ3n) is 5.00. The van der Waals surface area contributed by atoms with Crippen molar-refractivity contribution in [3.05, 3.63) is 73.6 Å². The minimum Gasteiger partial charge on any atom is -0.502 e. The average molecular weight is 366 g/mol. The average Bonchev–Trinajstić information content (AvgIpc) is 3.05. The van der Waals surface area contributed by atoms with Crippen molar-refractivity contribution >= 4 is 16.8 Å². The van der Waals surface area contributed by atoms with Crippen LogP contribution in [0.1, 0.15) is 35.0 Å². The smallest absolute Gasteiger partial charge is 0.255 e. The SMILES string of the molecule is Cc1cc(=O)c(O)c([C@@H](CC(N)=O)c2cc3cccc4c3n(c2=O)CC4)o1. The van der Waals surface area contributed by atoms with Gasteiger partial charge in [-0.1, -0.05) is 18.2 Å². The van der Waals surface area contributed by atoms with E-state index in [1.54, 1.807) is 17.6 Å². The summed E-state index contributed by atoms with van der Waals surface area (Å²) in [4.78, 5) is 36.8. The monoisotopic (exact) mass is 366 g/mol. The lowest BCUT2D eigenvalue weighted by Crippen LogP contribution is -2.27. The summed E-state index contributed by atoms with van der Waals surface area (Å²) in [5, 5.41) is 11.1. The molecule has 7 nitrogen and oxygen atoms in total. The van der Waals surface area contributed by atoms with Gasteiger partial charge in [-0.05, 0) is 30.4 Å². The number of carbonyl (C=O) groups excluding carboxylic acids is 1. The van der Waals surface area contributed by atoms with Crippen molar-refractivity contribution in [1.29, 1.82) is 0 Å². The summed E-state index contributed by atoms with van der Waals surface area (Å²) in [7, 11) is 0. The summed E-state index contributed by atoms with van der Waals surface area (Å²) in [6.07, 6.45) is 0.488. The van der Waals surface area contributed by atoms with E-state index in [-0.39, 0.29) is 29.1 Å². The van der Waals surface area contributed by atoms with E-state index in [1.807, 2.05) is 18.2 Å². The zero-order valence-corrected chi connectivity index (χ0v) is 14.7. The summed E-state index contributed by atoms with van der Waals surface area (Å²) in [5.41, 5.74) is 6.72. The minimum atomic E-state index is -0.944. The van der Waals surface area contributed by atoms with Gasteiger partial charge >= 0.3 is 0 Å². The van der Waals surface area contributed by atoms with Crippen molar-refractivity contribution in [2.45, 2.75) is 32.2 Å². The molecule has 4 rings (SSSR count). The van der Waals surface area contributed by atoms with Crippen molar-refractivity contribution < 1.29 is 14.3 Å². The molecule has 1 aromatic carbocycles. The molecule has 1 amide bonds. The third kappa shape index (κ3) is 2.71. The molecule has 1 aliphatic heterocycles. The minimum absolute atomic E-state index is 0.114. The Morgan fingerprint density at radius 1 is 1.33 bits per heavy atom. The lowest BCUT2D eigenvalue weighted by atomic mass is 9.91. The molecule has 0 radical (unpaired) electrons. The zero-order chi connectivity index (χ0) is 19.3. The summed E-state index contributed by atoms with van der Waals surface area (Å²) >= 11 is 0. The van der Waals surface area contributed by atoms with E-state index in [0.717, 1.165) is 29.0 Å². The summed E-state index contributed by atoms with van der Waals surface area (Å²) in [6.45, 7) is 2.10. The van der Waals surface area contributed by atoms with Crippen LogP contribution in [0.5, 0.6) is 5.75 Å². The fourth-order valence-electron chi connectivity index (χ4n) is 3.85. The molecule has 138 valence electrons. The van der Waals surface area contributed by atoms with E-state index >= 15 is 0 Å². The lowest BCUT2D eigenvalue weighted by molar-refractivity contribution is -0.118. The quantitative estimate of drug-likeness (QED) is 0.726. The molecular formula is C20H18N2O5. The number of primary amides is 1. The highest BCUT2D eigenvalue weighted by Gasteiger charge is 2.29. The molecule has 0 aliphatic carbocycles. The number of hydrogen-bond donors (Lipinski definition) is 2. The van der Waals surface area contributed by atoms with Gasteiger partial charge in [-0.15, -0.1) is 0 Å². The molecule has 0 fully saturated rings. The maximum absolute atomic E-state index is 13.1. The topological polar surface area (TPSA) is 116 Å². The highest BCUT2D eigenvalue weighted by Crippen LogP contribution is 2.34. The molecular weight excluding hydrogens is 348 g/mol. The Labute approximate surface area is 153 Å². The van der Waals surface area contributed by atoms with E-state index in [0.29, 0.717) is 6.54 Å². The third-order valence-corrected chi connectivity index (χ3v) is 5.00. The van der Waals surface area contributed by atoms with Crippen LogP contribution >= 0.6 is 0 Å². The van der Waals surface area contributed by atoms with E-state index in [9.17, 15) is 19.5 Å². The number of carbonyl (C=O) groups is 1. The van der Waals surface area contributed by atoms with E-state index < -0.39 is 23.0 Å². The van der Waals surface area contributed by atoms with Gasteiger partial charge in [0.2, 0.25) is 17.1 Å². The summed E-state index contributed by atoms with van der Waals surface area (Å²) < 4.78 is 7.22. The van der Waals surface area contributed by atoms with Gasteiger partial charge in [-0.2, -0.15) is 0 Å². The zero-order valence-electron chi connectivity index (χ0n) is 14.7. The number of aromatic hydroxyl groups is 1. The summed E-state index contributed by atoms with van der Waals surface area (Å²) in [6, 6.07) is 8.63. The van der Waals surface area contributed by atoms with Crippen molar-refractivity contribution in [3.8, 4) is 5.75 Å². The largest absolute Gasteiger partial charge is 0.502 e. The van der Waals surface area contributed by atoms with Crippen LogP contribution in [0.4, 0.5) is 0 Å². The molecule has 0 bridgehead atoms. The lowest BCUT2D eigenvalue weighted by Gasteiger charge is -2.18. The van der Waals surface area contributed by atoms with Crippen LogP contribution in [0.2, 0.25) is 0 Å². The Bertz CT molecular complexity index is 1210. The van der Waals surface area contributed by atoms with Crippen LogP contribution in [0, 0.1) is 6.92 Å². The number of benzene rings is 1. The Kier molecular flexibility index (Phi) is 3.87. The molecule has 2 aromatic heterocycles. The number of nitrogens with two attached hydrogens (primary N) is 1. The molecule has 3 N–H and O–H groups in total. The number of aryl methyl sites for hydroxylation is 3. The van der Waals surface area contributed by atoms with Gasteiger partial charge < -0.3 is 19.8 Å². The molecule has 7 heteroatoms. The van der Waals surface area contributed by atoms with Gasteiger partial charge in [-0.25, -0.2) is 0 Å². The fourth-order valence-corrected chi connectivity index (χ4v) is 3.85. The van der Waals surface area contributed by atoms with Crippen LogP contribution < -0.4 is 16.7 Å². The first-order valence-corrected chi connectivity index (χ1v) is 8.64. The van der Waals surface area contributed by atoms with Gasteiger partial charge in [0.1, 0.15) is 5.76 Å². The van der Waals surface area contributed by atoms with E-state index in [1.165, 1.54) is 0 Å². The Morgan fingerprint density at radius 3 is 2.85 bits per heavy atom. The Morgan fingerprint density at radius 2 is 2.11 bits per heavy atom.